The number of rotatable bonds is 3. The van der Waals surface area contributed by atoms with Gasteiger partial charge in [-0.2, -0.15) is 0 Å². The second kappa shape index (κ2) is 5.16. The van der Waals surface area contributed by atoms with Crippen LogP contribution in [0.3, 0.4) is 0 Å². The highest BCUT2D eigenvalue weighted by Crippen LogP contribution is 2.31. The number of guanidine groups is 1. The molecule has 7 heteroatoms. The molecule has 2 aliphatic heterocycles. The van der Waals surface area contributed by atoms with Gasteiger partial charge in [-0.05, 0) is 27.2 Å². The summed E-state index contributed by atoms with van der Waals surface area (Å²) in [4.78, 5) is 14.7. The summed E-state index contributed by atoms with van der Waals surface area (Å²) in [6.45, 7) is 8.02. The first kappa shape index (κ1) is 13.8. The second-order valence-corrected chi connectivity index (χ2v) is 5.45. The van der Waals surface area contributed by atoms with E-state index < -0.39 is 5.03 Å². The van der Waals surface area contributed by atoms with Crippen LogP contribution in [0.2, 0.25) is 0 Å². The normalized spacial score (nSPS) is 28.8. The predicted octanol–water partition coefficient (Wildman–Crippen LogP) is 1.25. The summed E-state index contributed by atoms with van der Waals surface area (Å²) < 4.78 is 5.41. The first-order valence-corrected chi connectivity index (χ1v) is 6.45. The molecule has 2 aliphatic rings. The number of nitrogens with zero attached hydrogens (tertiary/aromatic N) is 4. The molecule has 19 heavy (non-hydrogen) atoms. The monoisotopic (exact) mass is 268 g/mol. The van der Waals surface area contributed by atoms with Crippen LogP contribution in [-0.4, -0.2) is 52.1 Å². The molecule has 0 aliphatic carbocycles. The van der Waals surface area contributed by atoms with E-state index in [1.807, 2.05) is 29.0 Å². The highest BCUT2D eigenvalue weighted by molar-refractivity contribution is 5.84. The molecule has 2 saturated heterocycles. The highest BCUT2D eigenvalue weighted by Gasteiger charge is 2.46. The summed E-state index contributed by atoms with van der Waals surface area (Å²) in [7, 11) is 0. The Balaban J connectivity index is 2.36. The molecule has 0 aromatic rings. The number of nitro groups is 1. The fourth-order valence-corrected chi connectivity index (χ4v) is 2.83. The lowest BCUT2D eigenvalue weighted by Crippen LogP contribution is -2.49. The number of hydrogen-bond acceptors (Lipinski definition) is 3. The SMILES string of the molecule is CC=CN1CC(C)(C)N(C2CCOC2)C1=N[N+](=O)[O-]. The molecule has 2 heterocycles. The van der Waals surface area contributed by atoms with Crippen LogP contribution in [0.1, 0.15) is 27.2 Å². The van der Waals surface area contributed by atoms with Crippen molar-refractivity contribution in [2.45, 2.75) is 38.8 Å². The Morgan fingerprint density at radius 1 is 1.58 bits per heavy atom. The van der Waals surface area contributed by atoms with Crippen molar-refractivity contribution in [3.05, 3.63) is 22.4 Å². The van der Waals surface area contributed by atoms with E-state index in [-0.39, 0.29) is 11.6 Å². The average Bonchev–Trinajstić information content (AvgIpc) is 2.86. The zero-order valence-electron chi connectivity index (χ0n) is 11.6. The summed E-state index contributed by atoms with van der Waals surface area (Å²) in [5.41, 5.74) is -0.202. The van der Waals surface area contributed by atoms with E-state index in [1.54, 1.807) is 0 Å². The van der Waals surface area contributed by atoms with Gasteiger partial charge in [0.05, 0.1) is 18.2 Å². The third-order valence-electron chi connectivity index (χ3n) is 3.45. The van der Waals surface area contributed by atoms with Crippen molar-refractivity contribution in [2.75, 3.05) is 19.8 Å². The lowest BCUT2D eigenvalue weighted by atomic mass is 10.0. The fraction of sp³-hybridized carbons (Fsp3) is 0.750. The van der Waals surface area contributed by atoms with Gasteiger partial charge >= 0.3 is 0 Å². The summed E-state index contributed by atoms with van der Waals surface area (Å²) in [6.07, 6.45) is 4.57. The van der Waals surface area contributed by atoms with Crippen LogP contribution in [-0.2, 0) is 4.74 Å². The summed E-state index contributed by atoms with van der Waals surface area (Å²) in [6, 6.07) is 0.156. The molecule has 106 valence electrons. The van der Waals surface area contributed by atoms with E-state index in [0.717, 1.165) is 6.42 Å². The first-order valence-electron chi connectivity index (χ1n) is 6.45. The quantitative estimate of drug-likeness (QED) is 0.569. The van der Waals surface area contributed by atoms with Gasteiger partial charge in [0.2, 0.25) is 0 Å². The molecule has 0 saturated carbocycles. The molecule has 0 bridgehead atoms. The maximum absolute atomic E-state index is 10.8. The Hall–Kier alpha value is -1.63. The molecule has 2 rings (SSSR count). The third-order valence-corrected chi connectivity index (χ3v) is 3.45. The molecule has 0 N–H and O–H groups in total. The Kier molecular flexibility index (Phi) is 3.75. The van der Waals surface area contributed by atoms with Crippen LogP contribution in [0.5, 0.6) is 0 Å². The predicted molar refractivity (Wildman–Crippen MR) is 71.1 cm³/mol. The van der Waals surface area contributed by atoms with Crippen molar-refractivity contribution in [1.29, 1.82) is 0 Å². The van der Waals surface area contributed by atoms with Gasteiger partial charge in [-0.1, -0.05) is 6.08 Å². The molecule has 0 radical (unpaired) electrons. The molecule has 0 spiro atoms. The van der Waals surface area contributed by atoms with Crippen LogP contribution in [0.25, 0.3) is 0 Å². The van der Waals surface area contributed by atoms with Crippen molar-refractivity contribution in [3.63, 3.8) is 0 Å². The summed E-state index contributed by atoms with van der Waals surface area (Å²) in [5, 5.41) is 13.7. The number of hydrogen-bond donors (Lipinski definition) is 0. The Labute approximate surface area is 112 Å². The number of allylic oxidation sites excluding steroid dienone is 1. The topological polar surface area (TPSA) is 71.2 Å². The van der Waals surface area contributed by atoms with Gasteiger partial charge in [0.25, 0.3) is 5.96 Å². The van der Waals surface area contributed by atoms with Crippen molar-refractivity contribution >= 4 is 5.96 Å². The third kappa shape index (κ3) is 2.70. The Morgan fingerprint density at radius 3 is 2.84 bits per heavy atom. The van der Waals surface area contributed by atoms with E-state index in [1.165, 1.54) is 0 Å². The molecular formula is C12H20N4O3. The van der Waals surface area contributed by atoms with Gasteiger partial charge in [0.1, 0.15) is 5.10 Å². The van der Waals surface area contributed by atoms with Crippen LogP contribution >= 0.6 is 0 Å². The average molecular weight is 268 g/mol. The highest BCUT2D eigenvalue weighted by atomic mass is 16.7. The minimum atomic E-state index is -0.629. The fourth-order valence-electron chi connectivity index (χ4n) is 2.83. The van der Waals surface area contributed by atoms with Crippen molar-refractivity contribution in [2.24, 2.45) is 5.10 Å². The van der Waals surface area contributed by atoms with Gasteiger partial charge in [-0.25, -0.2) is 10.1 Å². The van der Waals surface area contributed by atoms with E-state index in [2.05, 4.69) is 18.9 Å². The van der Waals surface area contributed by atoms with Gasteiger partial charge in [0.15, 0.2) is 5.03 Å². The molecular weight excluding hydrogens is 248 g/mol. The molecule has 0 aromatic carbocycles. The van der Waals surface area contributed by atoms with Crippen molar-refractivity contribution < 1.29 is 9.77 Å². The molecule has 1 unspecified atom stereocenters. The van der Waals surface area contributed by atoms with Crippen LogP contribution in [0, 0.1) is 10.1 Å². The van der Waals surface area contributed by atoms with Gasteiger partial charge < -0.3 is 14.5 Å². The molecule has 7 nitrogen and oxygen atoms in total. The largest absolute Gasteiger partial charge is 0.379 e. The van der Waals surface area contributed by atoms with Crippen LogP contribution < -0.4 is 0 Å². The van der Waals surface area contributed by atoms with Crippen LogP contribution in [0.4, 0.5) is 0 Å². The van der Waals surface area contributed by atoms with E-state index >= 15 is 0 Å². The molecule has 2 fully saturated rings. The van der Waals surface area contributed by atoms with Gasteiger partial charge in [-0.15, -0.1) is 0 Å². The zero-order valence-corrected chi connectivity index (χ0v) is 11.6. The number of hydrazone groups is 1. The molecule has 1 atom stereocenters. The Morgan fingerprint density at radius 2 is 2.32 bits per heavy atom. The maximum Gasteiger partial charge on any atom is 0.278 e. The standard InChI is InChI=1S/C12H20N4O3/c1-4-6-14-9-12(2,3)15(10-5-7-19-8-10)11(14)13-16(17)18/h4,6,10H,5,7-9H2,1-3H3. The zero-order chi connectivity index (χ0) is 14.0. The summed E-state index contributed by atoms with van der Waals surface area (Å²) >= 11 is 0. The lowest BCUT2D eigenvalue weighted by molar-refractivity contribution is -0.486. The van der Waals surface area contributed by atoms with Crippen LogP contribution in [0.15, 0.2) is 17.4 Å². The Bertz CT molecular complexity index is 413. The van der Waals surface area contributed by atoms with Gasteiger partial charge in [-0.3, -0.25) is 0 Å². The lowest BCUT2D eigenvalue weighted by Gasteiger charge is -2.34. The van der Waals surface area contributed by atoms with E-state index in [4.69, 9.17) is 4.74 Å². The van der Waals surface area contributed by atoms with Gasteiger partial charge in [0, 0.05) is 19.4 Å². The first-order chi connectivity index (χ1) is 8.95. The molecule has 0 amide bonds. The van der Waals surface area contributed by atoms with E-state index in [0.29, 0.717) is 25.7 Å². The summed E-state index contributed by atoms with van der Waals surface area (Å²) in [5.74, 6) is 0.406. The number of ether oxygens (including phenoxy) is 1. The second-order valence-electron chi connectivity index (χ2n) is 5.45. The van der Waals surface area contributed by atoms with E-state index in [9.17, 15) is 10.1 Å². The van der Waals surface area contributed by atoms with Crippen molar-refractivity contribution in [1.82, 2.24) is 9.80 Å². The maximum atomic E-state index is 10.8. The minimum Gasteiger partial charge on any atom is -0.379 e. The minimum absolute atomic E-state index is 0.156. The van der Waals surface area contributed by atoms with Crippen molar-refractivity contribution in [3.8, 4) is 0 Å². The smallest absolute Gasteiger partial charge is 0.278 e. The molecule has 0 aromatic heterocycles.